The van der Waals surface area contributed by atoms with Crippen LogP contribution in [0.25, 0.3) is 0 Å². The van der Waals surface area contributed by atoms with Gasteiger partial charge in [-0.25, -0.2) is 0 Å². The third kappa shape index (κ3) is 3.70. The molecule has 2 N–H and O–H groups in total. The lowest BCUT2D eigenvalue weighted by Crippen LogP contribution is -2.44. The van der Waals surface area contributed by atoms with Crippen molar-refractivity contribution in [1.29, 1.82) is 0 Å². The average molecular weight is 238 g/mol. The fourth-order valence-corrected chi connectivity index (χ4v) is 3.18. The Morgan fingerprint density at radius 2 is 1.76 bits per heavy atom. The molecule has 2 rings (SSSR count). The molecular formula is C14H26N2O. The van der Waals surface area contributed by atoms with Crippen LogP contribution in [-0.4, -0.2) is 25.0 Å². The van der Waals surface area contributed by atoms with Gasteiger partial charge in [-0.1, -0.05) is 19.3 Å². The highest BCUT2D eigenvalue weighted by molar-refractivity contribution is 5.79. The SMILES string of the molecule is CC(NC(=O)C1CCNCC1)C1CCCCC1. The van der Waals surface area contributed by atoms with Crippen molar-refractivity contribution in [2.24, 2.45) is 11.8 Å². The van der Waals surface area contributed by atoms with Gasteiger partial charge in [0.05, 0.1) is 0 Å². The quantitative estimate of drug-likeness (QED) is 0.790. The highest BCUT2D eigenvalue weighted by Gasteiger charge is 2.25. The summed E-state index contributed by atoms with van der Waals surface area (Å²) in [4.78, 5) is 12.1. The van der Waals surface area contributed by atoms with Crippen molar-refractivity contribution < 1.29 is 4.79 Å². The summed E-state index contributed by atoms with van der Waals surface area (Å²) < 4.78 is 0. The Hall–Kier alpha value is -0.570. The van der Waals surface area contributed by atoms with Gasteiger partial charge in [0.2, 0.25) is 5.91 Å². The highest BCUT2D eigenvalue weighted by atomic mass is 16.1. The van der Waals surface area contributed by atoms with Gasteiger partial charge in [0.15, 0.2) is 0 Å². The second-order valence-electron chi connectivity index (χ2n) is 5.72. The second kappa shape index (κ2) is 6.39. The Labute approximate surface area is 105 Å². The minimum Gasteiger partial charge on any atom is -0.353 e. The predicted molar refractivity (Wildman–Crippen MR) is 69.8 cm³/mol. The Kier molecular flexibility index (Phi) is 4.84. The maximum absolute atomic E-state index is 12.1. The van der Waals surface area contributed by atoms with E-state index < -0.39 is 0 Å². The van der Waals surface area contributed by atoms with Crippen LogP contribution in [0.15, 0.2) is 0 Å². The van der Waals surface area contributed by atoms with Crippen LogP contribution >= 0.6 is 0 Å². The van der Waals surface area contributed by atoms with Gasteiger partial charge in [0.25, 0.3) is 0 Å². The lowest BCUT2D eigenvalue weighted by Gasteiger charge is -2.30. The van der Waals surface area contributed by atoms with Gasteiger partial charge in [0.1, 0.15) is 0 Å². The Morgan fingerprint density at radius 3 is 2.41 bits per heavy atom. The van der Waals surface area contributed by atoms with Crippen molar-refractivity contribution in [1.82, 2.24) is 10.6 Å². The number of carbonyl (C=O) groups excluding carboxylic acids is 1. The van der Waals surface area contributed by atoms with Gasteiger partial charge in [-0.05, 0) is 51.6 Å². The van der Waals surface area contributed by atoms with E-state index in [1.807, 2.05) is 0 Å². The summed E-state index contributed by atoms with van der Waals surface area (Å²) in [6, 6.07) is 0.373. The van der Waals surface area contributed by atoms with E-state index in [0.717, 1.165) is 31.8 Å². The monoisotopic (exact) mass is 238 g/mol. The molecule has 1 saturated carbocycles. The molecule has 0 spiro atoms. The number of amides is 1. The molecule has 17 heavy (non-hydrogen) atoms. The van der Waals surface area contributed by atoms with Gasteiger partial charge >= 0.3 is 0 Å². The van der Waals surface area contributed by atoms with Crippen molar-refractivity contribution in [2.75, 3.05) is 13.1 Å². The Balaban J connectivity index is 1.76. The number of nitrogens with one attached hydrogen (secondary N) is 2. The molecule has 0 radical (unpaired) electrons. The molecule has 1 aliphatic heterocycles. The van der Waals surface area contributed by atoms with Crippen LogP contribution in [0.3, 0.4) is 0 Å². The van der Waals surface area contributed by atoms with E-state index in [2.05, 4.69) is 17.6 Å². The topological polar surface area (TPSA) is 41.1 Å². The molecule has 98 valence electrons. The van der Waals surface area contributed by atoms with Gasteiger partial charge in [-0.3, -0.25) is 4.79 Å². The Bertz CT molecular complexity index is 243. The third-order valence-corrected chi connectivity index (χ3v) is 4.44. The standard InChI is InChI=1S/C14H26N2O/c1-11(12-5-3-2-4-6-12)16-14(17)13-7-9-15-10-8-13/h11-13,15H,2-10H2,1H3,(H,16,17). The molecular weight excluding hydrogens is 212 g/mol. The van der Waals surface area contributed by atoms with Crippen LogP contribution in [0.5, 0.6) is 0 Å². The zero-order valence-electron chi connectivity index (χ0n) is 11.0. The summed E-state index contributed by atoms with van der Waals surface area (Å²) >= 11 is 0. The number of piperidine rings is 1. The van der Waals surface area contributed by atoms with Crippen molar-refractivity contribution >= 4 is 5.91 Å². The van der Waals surface area contributed by atoms with Crippen LogP contribution < -0.4 is 10.6 Å². The van der Waals surface area contributed by atoms with E-state index in [4.69, 9.17) is 0 Å². The summed E-state index contributed by atoms with van der Waals surface area (Å²) in [7, 11) is 0. The first-order valence-corrected chi connectivity index (χ1v) is 7.28. The summed E-state index contributed by atoms with van der Waals surface area (Å²) in [5.74, 6) is 1.27. The van der Waals surface area contributed by atoms with E-state index in [0.29, 0.717) is 11.9 Å². The predicted octanol–water partition coefficient (Wildman–Crippen LogP) is 2.07. The normalized spacial score (nSPS) is 25.5. The first-order valence-electron chi connectivity index (χ1n) is 7.28. The van der Waals surface area contributed by atoms with Gasteiger partial charge < -0.3 is 10.6 Å². The molecule has 3 heteroatoms. The van der Waals surface area contributed by atoms with Crippen molar-refractivity contribution in [3.05, 3.63) is 0 Å². The largest absolute Gasteiger partial charge is 0.353 e. The molecule has 1 heterocycles. The molecule has 1 amide bonds. The van der Waals surface area contributed by atoms with Crippen molar-refractivity contribution in [3.63, 3.8) is 0 Å². The maximum Gasteiger partial charge on any atom is 0.223 e. The Morgan fingerprint density at radius 1 is 1.12 bits per heavy atom. The smallest absolute Gasteiger partial charge is 0.223 e. The highest BCUT2D eigenvalue weighted by Crippen LogP contribution is 2.26. The molecule has 2 aliphatic rings. The molecule has 0 aromatic rings. The summed E-state index contributed by atoms with van der Waals surface area (Å²) in [5.41, 5.74) is 0. The summed E-state index contributed by atoms with van der Waals surface area (Å²) in [6.07, 6.45) is 8.68. The molecule has 1 saturated heterocycles. The lowest BCUT2D eigenvalue weighted by atomic mass is 9.84. The maximum atomic E-state index is 12.1. The second-order valence-corrected chi connectivity index (χ2v) is 5.72. The fraction of sp³-hybridized carbons (Fsp3) is 0.929. The van der Waals surface area contributed by atoms with E-state index in [9.17, 15) is 4.79 Å². The summed E-state index contributed by atoms with van der Waals surface area (Å²) in [6.45, 7) is 4.18. The molecule has 0 bridgehead atoms. The number of rotatable bonds is 3. The van der Waals surface area contributed by atoms with Gasteiger partial charge in [-0.15, -0.1) is 0 Å². The molecule has 1 aliphatic carbocycles. The zero-order valence-corrected chi connectivity index (χ0v) is 11.0. The molecule has 1 unspecified atom stereocenters. The number of hydrogen-bond donors (Lipinski definition) is 2. The summed E-state index contributed by atoms with van der Waals surface area (Å²) in [5, 5.41) is 6.56. The van der Waals surface area contributed by atoms with Crippen LogP contribution in [0.2, 0.25) is 0 Å². The van der Waals surface area contributed by atoms with Crippen molar-refractivity contribution in [2.45, 2.75) is 57.9 Å². The minimum atomic E-state index is 0.252. The van der Waals surface area contributed by atoms with E-state index in [1.165, 1.54) is 32.1 Å². The van der Waals surface area contributed by atoms with Crippen LogP contribution in [-0.2, 0) is 4.79 Å². The first-order chi connectivity index (χ1) is 8.27. The number of hydrogen-bond acceptors (Lipinski definition) is 2. The van der Waals surface area contributed by atoms with E-state index in [-0.39, 0.29) is 5.92 Å². The van der Waals surface area contributed by atoms with Crippen LogP contribution in [0.4, 0.5) is 0 Å². The van der Waals surface area contributed by atoms with Crippen LogP contribution in [0.1, 0.15) is 51.9 Å². The van der Waals surface area contributed by atoms with Crippen molar-refractivity contribution in [3.8, 4) is 0 Å². The fourth-order valence-electron chi connectivity index (χ4n) is 3.18. The number of carbonyl (C=O) groups is 1. The molecule has 2 fully saturated rings. The molecule has 3 nitrogen and oxygen atoms in total. The van der Waals surface area contributed by atoms with E-state index in [1.54, 1.807) is 0 Å². The molecule has 0 aromatic heterocycles. The lowest BCUT2D eigenvalue weighted by molar-refractivity contribution is -0.126. The van der Waals surface area contributed by atoms with Crippen LogP contribution in [0, 0.1) is 11.8 Å². The van der Waals surface area contributed by atoms with Gasteiger partial charge in [-0.2, -0.15) is 0 Å². The zero-order chi connectivity index (χ0) is 12.1. The van der Waals surface area contributed by atoms with E-state index >= 15 is 0 Å². The minimum absolute atomic E-state index is 0.252. The average Bonchev–Trinajstić information content (AvgIpc) is 2.40. The van der Waals surface area contributed by atoms with Gasteiger partial charge in [0, 0.05) is 12.0 Å². The molecule has 0 aromatic carbocycles. The molecule has 1 atom stereocenters. The third-order valence-electron chi connectivity index (χ3n) is 4.44. The first kappa shape index (κ1) is 12.9.